The molecular formula is C15H12Cl3N3O3. The highest BCUT2D eigenvalue weighted by atomic mass is 35.5. The van der Waals surface area contributed by atoms with Gasteiger partial charge < -0.3 is 10.1 Å². The number of benzene rings is 2. The van der Waals surface area contributed by atoms with Crippen LogP contribution >= 0.6 is 34.8 Å². The number of halogens is 3. The van der Waals surface area contributed by atoms with E-state index in [1.54, 1.807) is 30.3 Å². The number of amides is 3. The zero-order chi connectivity index (χ0) is 17.5. The van der Waals surface area contributed by atoms with Crippen molar-refractivity contribution in [3.63, 3.8) is 0 Å². The van der Waals surface area contributed by atoms with Crippen molar-refractivity contribution in [2.75, 3.05) is 11.9 Å². The third kappa shape index (κ3) is 5.81. The molecule has 0 bridgehead atoms. The number of anilines is 1. The van der Waals surface area contributed by atoms with Crippen molar-refractivity contribution in [3.05, 3.63) is 57.5 Å². The van der Waals surface area contributed by atoms with Crippen molar-refractivity contribution in [2.24, 2.45) is 0 Å². The summed E-state index contributed by atoms with van der Waals surface area (Å²) in [5.74, 6) is -0.262. The van der Waals surface area contributed by atoms with Crippen molar-refractivity contribution in [1.82, 2.24) is 10.9 Å². The molecule has 3 amide bonds. The maximum atomic E-state index is 11.6. The van der Waals surface area contributed by atoms with E-state index in [0.717, 1.165) is 0 Å². The van der Waals surface area contributed by atoms with E-state index in [0.29, 0.717) is 21.5 Å². The Morgan fingerprint density at radius 3 is 2.42 bits per heavy atom. The highest BCUT2D eigenvalue weighted by Gasteiger charge is 2.08. The van der Waals surface area contributed by atoms with E-state index in [2.05, 4.69) is 16.2 Å². The van der Waals surface area contributed by atoms with E-state index in [1.165, 1.54) is 12.1 Å². The normalized spacial score (nSPS) is 9.96. The summed E-state index contributed by atoms with van der Waals surface area (Å²) in [5.41, 5.74) is 4.86. The van der Waals surface area contributed by atoms with Crippen molar-refractivity contribution in [3.8, 4) is 5.75 Å². The average molecular weight is 389 g/mol. The van der Waals surface area contributed by atoms with Gasteiger partial charge in [0.2, 0.25) is 0 Å². The molecule has 126 valence electrons. The van der Waals surface area contributed by atoms with Crippen molar-refractivity contribution >= 4 is 52.4 Å². The van der Waals surface area contributed by atoms with E-state index in [9.17, 15) is 9.59 Å². The van der Waals surface area contributed by atoms with E-state index >= 15 is 0 Å². The summed E-state index contributed by atoms with van der Waals surface area (Å²) in [5, 5.41) is 3.71. The Balaban J connectivity index is 1.75. The molecule has 2 rings (SSSR count). The number of hydrazine groups is 1. The summed E-state index contributed by atoms with van der Waals surface area (Å²) in [6.07, 6.45) is 0. The molecule has 0 aliphatic heterocycles. The topological polar surface area (TPSA) is 79.5 Å². The third-order valence-corrected chi connectivity index (χ3v) is 3.42. The van der Waals surface area contributed by atoms with Crippen LogP contribution in [0.2, 0.25) is 15.1 Å². The Bertz CT molecular complexity index is 756. The van der Waals surface area contributed by atoms with Gasteiger partial charge in [0.25, 0.3) is 5.91 Å². The van der Waals surface area contributed by atoms with Crippen LogP contribution in [0.25, 0.3) is 0 Å². The van der Waals surface area contributed by atoms with Crippen LogP contribution in [0.5, 0.6) is 5.75 Å². The molecular weight excluding hydrogens is 377 g/mol. The van der Waals surface area contributed by atoms with Crippen LogP contribution in [-0.2, 0) is 4.79 Å². The van der Waals surface area contributed by atoms with Gasteiger partial charge in [-0.3, -0.25) is 10.2 Å². The van der Waals surface area contributed by atoms with Gasteiger partial charge in [0, 0.05) is 15.7 Å². The molecule has 0 aromatic heterocycles. The molecule has 0 fully saturated rings. The predicted molar refractivity (Wildman–Crippen MR) is 93.7 cm³/mol. The zero-order valence-corrected chi connectivity index (χ0v) is 14.4. The minimum absolute atomic E-state index is 0.280. The number of ether oxygens (including phenoxy) is 1. The predicted octanol–water partition coefficient (Wildman–Crippen LogP) is 3.88. The van der Waals surface area contributed by atoms with Gasteiger partial charge in [0.05, 0.1) is 5.02 Å². The molecule has 2 aromatic rings. The van der Waals surface area contributed by atoms with Gasteiger partial charge in [0.15, 0.2) is 6.61 Å². The second-order valence-corrected chi connectivity index (χ2v) is 5.78. The number of hydrogen-bond donors (Lipinski definition) is 3. The molecule has 0 radical (unpaired) electrons. The molecule has 0 aliphatic rings. The second kappa shape index (κ2) is 8.63. The monoisotopic (exact) mass is 387 g/mol. The molecule has 24 heavy (non-hydrogen) atoms. The standard InChI is InChI=1S/C15H12Cl3N3O3/c16-9-2-1-3-11(6-9)19-15(23)21-20-14(22)8-24-13-5-4-10(17)7-12(13)18/h1-7H,8H2,(H,20,22)(H2,19,21,23). The molecule has 0 unspecified atom stereocenters. The largest absolute Gasteiger partial charge is 0.482 e. The van der Waals surface area contributed by atoms with Crippen LogP contribution in [0, 0.1) is 0 Å². The van der Waals surface area contributed by atoms with Crippen LogP contribution < -0.4 is 20.9 Å². The molecule has 2 aromatic carbocycles. The van der Waals surface area contributed by atoms with Crippen molar-refractivity contribution < 1.29 is 14.3 Å². The van der Waals surface area contributed by atoms with E-state index < -0.39 is 11.9 Å². The molecule has 0 saturated heterocycles. The van der Waals surface area contributed by atoms with Gasteiger partial charge >= 0.3 is 6.03 Å². The Hall–Kier alpha value is -2.15. The first kappa shape index (κ1) is 18.2. The van der Waals surface area contributed by atoms with Gasteiger partial charge in [-0.2, -0.15) is 0 Å². The second-order valence-electron chi connectivity index (χ2n) is 4.50. The molecule has 3 N–H and O–H groups in total. The number of carbonyl (C=O) groups excluding carboxylic acids is 2. The highest BCUT2D eigenvalue weighted by Crippen LogP contribution is 2.27. The Morgan fingerprint density at radius 2 is 1.71 bits per heavy atom. The lowest BCUT2D eigenvalue weighted by atomic mass is 10.3. The van der Waals surface area contributed by atoms with Gasteiger partial charge in [-0.25, -0.2) is 10.2 Å². The summed E-state index contributed by atoms with van der Waals surface area (Å²) >= 11 is 17.5. The summed E-state index contributed by atoms with van der Waals surface area (Å²) in [7, 11) is 0. The maximum absolute atomic E-state index is 11.6. The van der Waals surface area contributed by atoms with Crippen molar-refractivity contribution in [2.45, 2.75) is 0 Å². The lowest BCUT2D eigenvalue weighted by molar-refractivity contribution is -0.123. The first-order chi connectivity index (χ1) is 11.4. The lowest BCUT2D eigenvalue weighted by Crippen LogP contribution is -2.45. The first-order valence-electron chi connectivity index (χ1n) is 6.63. The van der Waals surface area contributed by atoms with E-state index in [1.807, 2.05) is 0 Å². The van der Waals surface area contributed by atoms with Crippen LogP contribution in [0.15, 0.2) is 42.5 Å². The van der Waals surface area contributed by atoms with Gasteiger partial charge in [0.1, 0.15) is 5.75 Å². The Morgan fingerprint density at radius 1 is 0.958 bits per heavy atom. The Labute approximate surface area is 153 Å². The summed E-state index contributed by atoms with van der Waals surface area (Å²) < 4.78 is 5.23. The smallest absolute Gasteiger partial charge is 0.337 e. The number of urea groups is 1. The molecule has 0 saturated carbocycles. The highest BCUT2D eigenvalue weighted by molar-refractivity contribution is 6.35. The quantitative estimate of drug-likeness (QED) is 0.695. The SMILES string of the molecule is O=C(COc1ccc(Cl)cc1Cl)NNC(=O)Nc1cccc(Cl)c1. The number of nitrogens with one attached hydrogen (secondary N) is 3. The zero-order valence-electron chi connectivity index (χ0n) is 12.1. The fourth-order valence-electron chi connectivity index (χ4n) is 1.63. The molecule has 0 spiro atoms. The van der Waals surface area contributed by atoms with Crippen LogP contribution in [0.3, 0.4) is 0 Å². The van der Waals surface area contributed by atoms with Crippen molar-refractivity contribution in [1.29, 1.82) is 0 Å². The number of hydrogen-bond acceptors (Lipinski definition) is 3. The molecule has 0 heterocycles. The summed E-state index contributed by atoms with van der Waals surface area (Å²) in [4.78, 5) is 23.3. The van der Waals surface area contributed by atoms with Crippen LogP contribution in [0.4, 0.5) is 10.5 Å². The van der Waals surface area contributed by atoms with Gasteiger partial charge in [-0.1, -0.05) is 40.9 Å². The fourth-order valence-corrected chi connectivity index (χ4v) is 2.28. The number of carbonyl (C=O) groups is 2. The minimum atomic E-state index is -0.629. The minimum Gasteiger partial charge on any atom is -0.482 e. The summed E-state index contributed by atoms with van der Waals surface area (Å²) in [6, 6.07) is 10.6. The summed E-state index contributed by atoms with van der Waals surface area (Å²) in [6.45, 7) is -0.335. The Kier molecular flexibility index (Phi) is 6.54. The molecule has 0 aliphatic carbocycles. The molecule has 6 nitrogen and oxygen atoms in total. The van der Waals surface area contributed by atoms with E-state index in [-0.39, 0.29) is 11.6 Å². The van der Waals surface area contributed by atoms with Gasteiger partial charge in [-0.05, 0) is 36.4 Å². The maximum Gasteiger partial charge on any atom is 0.337 e. The van der Waals surface area contributed by atoms with E-state index in [4.69, 9.17) is 39.5 Å². The first-order valence-corrected chi connectivity index (χ1v) is 7.76. The average Bonchev–Trinajstić information content (AvgIpc) is 2.52. The molecule has 9 heteroatoms. The fraction of sp³-hybridized carbons (Fsp3) is 0.0667. The van der Waals surface area contributed by atoms with Gasteiger partial charge in [-0.15, -0.1) is 0 Å². The van der Waals surface area contributed by atoms with Crippen LogP contribution in [-0.4, -0.2) is 18.5 Å². The third-order valence-electron chi connectivity index (χ3n) is 2.65. The number of rotatable bonds is 4. The lowest BCUT2D eigenvalue weighted by Gasteiger charge is -2.10. The van der Waals surface area contributed by atoms with Crippen LogP contribution in [0.1, 0.15) is 0 Å². The molecule has 0 atom stereocenters.